The first kappa shape index (κ1) is 26.0. The number of fused-ring (bicyclic) bond motifs is 1. The molecule has 3 aliphatic heterocycles. The number of nitrogens with zero attached hydrogens (tertiary/aromatic N) is 1. The first-order valence-corrected chi connectivity index (χ1v) is 13.9. The van der Waals surface area contributed by atoms with Crippen molar-refractivity contribution >= 4 is 29.5 Å². The summed E-state index contributed by atoms with van der Waals surface area (Å²) in [5, 5.41) is 16.5. The van der Waals surface area contributed by atoms with Gasteiger partial charge in [-0.1, -0.05) is 57.5 Å². The molecule has 3 amide bonds. The molecule has 3 saturated heterocycles. The molecule has 0 aromatic heterocycles. The zero-order chi connectivity index (χ0) is 25.3. The monoisotopic (exact) mass is 501 g/mol. The molecule has 2 bridgehead atoms. The summed E-state index contributed by atoms with van der Waals surface area (Å²) >= 11 is 1.67. The highest BCUT2D eigenvalue weighted by Gasteiger charge is 2.74. The summed E-state index contributed by atoms with van der Waals surface area (Å²) in [6, 6.07) is 8.59. The third-order valence-electron chi connectivity index (χ3n) is 8.02. The summed E-state index contributed by atoms with van der Waals surface area (Å²) in [7, 11) is 0. The normalized spacial score (nSPS) is 30.9. The van der Waals surface area contributed by atoms with Gasteiger partial charge in [0.2, 0.25) is 17.7 Å². The van der Waals surface area contributed by atoms with E-state index in [9.17, 15) is 19.5 Å². The summed E-state index contributed by atoms with van der Waals surface area (Å²) in [5.74, 6) is -1.46. The molecule has 7 atom stereocenters. The number of aliphatic hydroxyl groups excluding tert-OH is 1. The highest BCUT2D eigenvalue weighted by molar-refractivity contribution is 8.02. The van der Waals surface area contributed by atoms with Gasteiger partial charge in [-0.3, -0.25) is 14.4 Å². The molecule has 4 rings (SSSR count). The molecule has 3 fully saturated rings. The molecular weight excluding hydrogens is 462 g/mol. The highest BCUT2D eigenvalue weighted by atomic mass is 32.2. The van der Waals surface area contributed by atoms with E-state index in [0.29, 0.717) is 6.54 Å². The van der Waals surface area contributed by atoms with E-state index in [4.69, 9.17) is 0 Å². The highest BCUT2D eigenvalue weighted by Crippen LogP contribution is 2.66. The van der Waals surface area contributed by atoms with E-state index in [0.717, 1.165) is 31.2 Å². The lowest BCUT2D eigenvalue weighted by Crippen LogP contribution is -2.58. The van der Waals surface area contributed by atoms with Gasteiger partial charge >= 0.3 is 0 Å². The second-order valence-electron chi connectivity index (χ2n) is 10.7. The van der Waals surface area contributed by atoms with Gasteiger partial charge in [0, 0.05) is 17.8 Å². The van der Waals surface area contributed by atoms with E-state index in [1.807, 2.05) is 51.1 Å². The van der Waals surface area contributed by atoms with Gasteiger partial charge in [-0.05, 0) is 37.7 Å². The quantitative estimate of drug-likeness (QED) is 0.458. The molecule has 192 valence electrons. The van der Waals surface area contributed by atoms with Gasteiger partial charge in [0.1, 0.15) is 6.04 Å². The maximum absolute atomic E-state index is 14.0. The summed E-state index contributed by atoms with van der Waals surface area (Å²) in [6.45, 7) is 8.19. The maximum atomic E-state index is 14.0. The van der Waals surface area contributed by atoms with Crippen LogP contribution in [-0.4, -0.2) is 62.5 Å². The van der Waals surface area contributed by atoms with Crippen LogP contribution in [0.3, 0.4) is 0 Å². The number of benzene rings is 1. The van der Waals surface area contributed by atoms with Crippen molar-refractivity contribution in [3.63, 3.8) is 0 Å². The van der Waals surface area contributed by atoms with Gasteiger partial charge in [-0.15, -0.1) is 11.8 Å². The number of carbonyl (C=O) groups excluding carboxylic acids is 3. The lowest BCUT2D eigenvalue weighted by atomic mass is 9.70. The van der Waals surface area contributed by atoms with Crippen molar-refractivity contribution < 1.29 is 19.5 Å². The molecule has 8 heteroatoms. The number of aliphatic hydroxyl groups is 1. The predicted molar refractivity (Wildman–Crippen MR) is 137 cm³/mol. The van der Waals surface area contributed by atoms with Crippen LogP contribution in [0.15, 0.2) is 30.3 Å². The Bertz CT molecular complexity index is 942. The Morgan fingerprint density at radius 2 is 1.91 bits per heavy atom. The van der Waals surface area contributed by atoms with E-state index in [-0.39, 0.29) is 41.5 Å². The summed E-state index contributed by atoms with van der Waals surface area (Å²) in [5.41, 5.74) is 1.01. The van der Waals surface area contributed by atoms with E-state index in [1.54, 1.807) is 16.7 Å². The second kappa shape index (κ2) is 10.5. The molecule has 3 N–H and O–H groups in total. The zero-order valence-corrected chi connectivity index (χ0v) is 22.0. The maximum Gasteiger partial charge on any atom is 0.244 e. The van der Waals surface area contributed by atoms with Crippen LogP contribution in [0.1, 0.15) is 58.9 Å². The van der Waals surface area contributed by atoms with Crippen LogP contribution in [0, 0.1) is 17.8 Å². The largest absolute Gasteiger partial charge is 0.394 e. The molecule has 3 aliphatic rings. The molecule has 0 saturated carbocycles. The van der Waals surface area contributed by atoms with Crippen LogP contribution >= 0.6 is 11.8 Å². The van der Waals surface area contributed by atoms with Crippen LogP contribution in [-0.2, 0) is 20.9 Å². The van der Waals surface area contributed by atoms with Crippen LogP contribution in [0.4, 0.5) is 0 Å². The SMILES string of the molecule is CCCC(C)NC(=O)C1N([C@@H](CO)C(C)C)C(=O)[C@@H]2[C@@H](C(=O)NCc3ccccc3)[C@H]3CCC12S3. The molecule has 1 aromatic carbocycles. The van der Waals surface area contributed by atoms with Crippen molar-refractivity contribution in [1.29, 1.82) is 0 Å². The number of nitrogens with one attached hydrogen (secondary N) is 2. The molecule has 1 spiro atoms. The summed E-state index contributed by atoms with van der Waals surface area (Å²) in [6.07, 6.45) is 3.35. The van der Waals surface area contributed by atoms with Crippen LogP contribution < -0.4 is 10.6 Å². The van der Waals surface area contributed by atoms with Gasteiger partial charge in [-0.2, -0.15) is 0 Å². The molecular formula is C27H39N3O4S. The number of hydrogen-bond acceptors (Lipinski definition) is 5. The van der Waals surface area contributed by atoms with Crippen molar-refractivity contribution in [2.45, 2.75) is 88.0 Å². The van der Waals surface area contributed by atoms with Gasteiger partial charge < -0.3 is 20.6 Å². The van der Waals surface area contributed by atoms with Crippen molar-refractivity contribution in [1.82, 2.24) is 15.5 Å². The van der Waals surface area contributed by atoms with E-state index in [1.165, 1.54) is 0 Å². The molecule has 0 aliphatic carbocycles. The van der Waals surface area contributed by atoms with E-state index >= 15 is 0 Å². The third kappa shape index (κ3) is 4.59. The fourth-order valence-electron chi connectivity index (χ4n) is 6.40. The summed E-state index contributed by atoms with van der Waals surface area (Å²) < 4.78 is -0.630. The van der Waals surface area contributed by atoms with Gasteiger partial charge in [0.15, 0.2) is 0 Å². The Morgan fingerprint density at radius 3 is 2.54 bits per heavy atom. The molecule has 35 heavy (non-hydrogen) atoms. The van der Waals surface area contributed by atoms with Crippen LogP contribution in [0.25, 0.3) is 0 Å². The molecule has 3 heterocycles. The number of thioether (sulfide) groups is 1. The standard InChI is InChI=1S/C27H39N3O4S/c1-5-9-17(4)29-25(33)23-27-13-12-20(35-27)21(24(32)28-14-18-10-7-6-8-11-18)22(27)26(34)30(23)19(15-31)16(2)3/h6-8,10-11,16-17,19-23,31H,5,9,12-15H2,1-4H3,(H,28,32)(H,29,33)/t17?,19-,20+,21-,22-,23?,27?/m0/s1. The fourth-order valence-corrected chi connectivity index (χ4v) is 8.60. The molecule has 7 nitrogen and oxygen atoms in total. The number of amides is 3. The lowest BCUT2D eigenvalue weighted by Gasteiger charge is -2.39. The predicted octanol–water partition coefficient (Wildman–Crippen LogP) is 2.72. The van der Waals surface area contributed by atoms with Crippen molar-refractivity contribution in [2.24, 2.45) is 17.8 Å². The van der Waals surface area contributed by atoms with Crippen LogP contribution in [0.2, 0.25) is 0 Å². The minimum atomic E-state index is -0.680. The van der Waals surface area contributed by atoms with Crippen molar-refractivity contribution in [3.8, 4) is 0 Å². The molecule has 1 aromatic rings. The Balaban J connectivity index is 1.64. The smallest absolute Gasteiger partial charge is 0.244 e. The average Bonchev–Trinajstić information content (AvgIpc) is 3.46. The number of likely N-dealkylation sites (tertiary alicyclic amines) is 1. The van der Waals surface area contributed by atoms with Gasteiger partial charge in [0.25, 0.3) is 0 Å². The van der Waals surface area contributed by atoms with Crippen LogP contribution in [0.5, 0.6) is 0 Å². The average molecular weight is 502 g/mol. The lowest BCUT2D eigenvalue weighted by molar-refractivity contribution is -0.143. The summed E-state index contributed by atoms with van der Waals surface area (Å²) in [4.78, 5) is 42.9. The molecule has 0 radical (unpaired) electrons. The minimum absolute atomic E-state index is 0.0000922. The number of rotatable bonds is 10. The van der Waals surface area contributed by atoms with Crippen molar-refractivity contribution in [2.75, 3.05) is 6.61 Å². The number of hydrogen-bond donors (Lipinski definition) is 3. The van der Waals surface area contributed by atoms with E-state index < -0.39 is 28.7 Å². The Morgan fingerprint density at radius 1 is 1.20 bits per heavy atom. The first-order chi connectivity index (χ1) is 16.7. The fraction of sp³-hybridized carbons (Fsp3) is 0.667. The zero-order valence-electron chi connectivity index (χ0n) is 21.2. The second-order valence-corrected chi connectivity index (χ2v) is 12.3. The molecule has 3 unspecified atom stereocenters. The van der Waals surface area contributed by atoms with Crippen molar-refractivity contribution in [3.05, 3.63) is 35.9 Å². The minimum Gasteiger partial charge on any atom is -0.394 e. The Kier molecular flexibility index (Phi) is 7.81. The third-order valence-corrected chi connectivity index (χ3v) is 9.97. The Labute approximate surface area is 212 Å². The topological polar surface area (TPSA) is 98.7 Å². The first-order valence-electron chi connectivity index (χ1n) is 13.0. The Hall–Kier alpha value is -2.06. The van der Waals surface area contributed by atoms with Gasteiger partial charge in [-0.25, -0.2) is 0 Å². The number of carbonyl (C=O) groups is 3. The van der Waals surface area contributed by atoms with E-state index in [2.05, 4.69) is 17.6 Å². The van der Waals surface area contributed by atoms with Gasteiger partial charge in [0.05, 0.1) is 29.2 Å².